The second-order valence-electron chi connectivity index (χ2n) is 7.79. The van der Waals surface area contributed by atoms with E-state index < -0.39 is 17.7 Å². The minimum atomic E-state index is -0.695. The van der Waals surface area contributed by atoms with Crippen molar-refractivity contribution in [2.45, 2.75) is 12.5 Å². The lowest BCUT2D eigenvalue weighted by Crippen LogP contribution is -2.32. The molecule has 0 aliphatic carbocycles. The maximum atomic E-state index is 13.0. The van der Waals surface area contributed by atoms with Gasteiger partial charge in [0.2, 0.25) is 0 Å². The fourth-order valence-corrected chi connectivity index (χ4v) is 3.91. The average Bonchev–Trinajstić information content (AvgIpc) is 3.03. The van der Waals surface area contributed by atoms with Crippen LogP contribution in [-0.4, -0.2) is 72.0 Å². The van der Waals surface area contributed by atoms with Gasteiger partial charge in [-0.25, -0.2) is 0 Å². The van der Waals surface area contributed by atoms with Crippen LogP contribution in [0.2, 0.25) is 0 Å². The Balaban J connectivity index is 1.76. The Morgan fingerprint density at radius 1 is 1.13 bits per heavy atom. The largest absolute Gasteiger partial charge is 0.507 e. The normalized spacial score (nSPS) is 19.8. The summed E-state index contributed by atoms with van der Waals surface area (Å²) in [7, 11) is 3.91. The highest BCUT2D eigenvalue weighted by molar-refractivity contribution is 6.46. The van der Waals surface area contributed by atoms with E-state index in [0.717, 1.165) is 12.1 Å². The van der Waals surface area contributed by atoms with Gasteiger partial charge in [0.05, 0.1) is 11.6 Å². The van der Waals surface area contributed by atoms with Crippen LogP contribution in [0.25, 0.3) is 5.76 Å². The lowest BCUT2D eigenvalue weighted by molar-refractivity contribution is -0.139. The predicted molar refractivity (Wildman–Crippen MR) is 114 cm³/mol. The maximum Gasteiger partial charge on any atom is 0.295 e. The fourth-order valence-electron chi connectivity index (χ4n) is 3.91. The van der Waals surface area contributed by atoms with Crippen LogP contribution in [0, 0.1) is 0 Å². The molecule has 2 aliphatic rings. The smallest absolute Gasteiger partial charge is 0.295 e. The topological polar surface area (TPSA) is 92.2 Å². The van der Waals surface area contributed by atoms with E-state index in [1.165, 1.54) is 4.90 Å². The molecule has 31 heavy (non-hydrogen) atoms. The minimum Gasteiger partial charge on any atom is -0.507 e. The molecule has 1 N–H and O–H groups in total. The van der Waals surface area contributed by atoms with Crippen molar-refractivity contribution in [3.63, 3.8) is 0 Å². The second-order valence-corrected chi connectivity index (χ2v) is 7.79. The maximum absolute atomic E-state index is 13.0. The third-order valence-corrected chi connectivity index (χ3v) is 5.38. The van der Waals surface area contributed by atoms with Crippen LogP contribution >= 0.6 is 0 Å². The van der Waals surface area contributed by atoms with E-state index in [9.17, 15) is 14.7 Å². The number of benzene rings is 1. The average molecular weight is 423 g/mol. The van der Waals surface area contributed by atoms with Gasteiger partial charge in [0, 0.05) is 24.5 Å². The number of Topliss-reactive ketones (excluding diaryl/α,β-unsaturated/α-hetero) is 1. The van der Waals surface area contributed by atoms with Crippen molar-refractivity contribution in [3.8, 4) is 11.5 Å². The molecule has 1 amide bonds. The minimum absolute atomic E-state index is 0.0673. The van der Waals surface area contributed by atoms with Crippen LogP contribution in [0.15, 0.2) is 48.3 Å². The quantitative estimate of drug-likeness (QED) is 0.433. The van der Waals surface area contributed by atoms with Crippen molar-refractivity contribution in [2.24, 2.45) is 0 Å². The van der Waals surface area contributed by atoms with Crippen molar-refractivity contribution in [1.82, 2.24) is 14.8 Å². The first-order valence-corrected chi connectivity index (χ1v) is 10.2. The number of aliphatic hydroxyl groups excluding tert-OH is 1. The Bertz CT molecular complexity index is 1020. The zero-order chi connectivity index (χ0) is 22.0. The molecule has 3 heterocycles. The van der Waals surface area contributed by atoms with Crippen LogP contribution in [0.1, 0.15) is 23.6 Å². The summed E-state index contributed by atoms with van der Waals surface area (Å²) < 4.78 is 11.1. The number of nitrogens with zero attached hydrogens (tertiary/aromatic N) is 3. The molecule has 1 aromatic heterocycles. The summed E-state index contributed by atoms with van der Waals surface area (Å²) in [5.74, 6) is -0.459. The van der Waals surface area contributed by atoms with Crippen LogP contribution in [-0.2, 0) is 9.59 Å². The summed E-state index contributed by atoms with van der Waals surface area (Å²) >= 11 is 0. The molecule has 1 atom stereocenters. The Kier molecular flexibility index (Phi) is 5.90. The summed E-state index contributed by atoms with van der Waals surface area (Å²) in [4.78, 5) is 33.5. The lowest BCUT2D eigenvalue weighted by Gasteiger charge is -2.26. The molecule has 8 nitrogen and oxygen atoms in total. The zero-order valence-corrected chi connectivity index (χ0v) is 17.6. The Morgan fingerprint density at radius 3 is 2.55 bits per heavy atom. The van der Waals surface area contributed by atoms with Crippen molar-refractivity contribution in [2.75, 3.05) is 40.4 Å². The van der Waals surface area contributed by atoms with Crippen LogP contribution in [0.5, 0.6) is 11.5 Å². The van der Waals surface area contributed by atoms with Crippen molar-refractivity contribution in [3.05, 3.63) is 59.4 Å². The molecule has 2 aliphatic heterocycles. The van der Waals surface area contributed by atoms with Gasteiger partial charge in [-0.05, 0) is 63.0 Å². The first-order valence-electron chi connectivity index (χ1n) is 10.2. The molecule has 0 bridgehead atoms. The molecule has 1 aromatic carbocycles. The highest BCUT2D eigenvalue weighted by atomic mass is 16.6. The van der Waals surface area contributed by atoms with Gasteiger partial charge >= 0.3 is 0 Å². The third-order valence-electron chi connectivity index (χ3n) is 5.38. The van der Waals surface area contributed by atoms with Gasteiger partial charge < -0.3 is 24.4 Å². The lowest BCUT2D eigenvalue weighted by atomic mass is 9.95. The Morgan fingerprint density at radius 2 is 1.84 bits per heavy atom. The molecule has 8 heteroatoms. The molecule has 0 saturated carbocycles. The molecule has 0 radical (unpaired) electrons. The van der Waals surface area contributed by atoms with Gasteiger partial charge in [-0.3, -0.25) is 14.6 Å². The molecule has 4 rings (SSSR count). The summed E-state index contributed by atoms with van der Waals surface area (Å²) in [5, 5.41) is 11.1. The molecule has 0 spiro atoms. The molecular formula is C23H25N3O5. The molecule has 162 valence electrons. The number of ether oxygens (including phenoxy) is 2. The highest BCUT2D eigenvalue weighted by Gasteiger charge is 2.45. The summed E-state index contributed by atoms with van der Waals surface area (Å²) in [6.07, 6.45) is 3.92. The molecule has 1 fully saturated rings. The SMILES string of the molecule is CN(C)CCCN1C(=O)C(=O)/C(=C(/O)c2ccc3c(c2)OCCO3)[C@H]1c1ccncc1. The van der Waals surface area contributed by atoms with Gasteiger partial charge in [0.1, 0.15) is 19.0 Å². The van der Waals surface area contributed by atoms with Gasteiger partial charge in [-0.2, -0.15) is 0 Å². The molecule has 1 saturated heterocycles. The Labute approximate surface area is 180 Å². The predicted octanol–water partition coefficient (Wildman–Crippen LogP) is 2.23. The van der Waals surface area contributed by atoms with Crippen molar-refractivity contribution in [1.29, 1.82) is 0 Å². The van der Waals surface area contributed by atoms with Gasteiger partial charge in [-0.15, -0.1) is 0 Å². The van der Waals surface area contributed by atoms with Gasteiger partial charge in [0.15, 0.2) is 11.5 Å². The Hall–Kier alpha value is -3.39. The van der Waals surface area contributed by atoms with E-state index in [4.69, 9.17) is 9.47 Å². The number of carbonyl (C=O) groups excluding carboxylic acids is 2. The molecule has 0 unspecified atom stereocenters. The number of likely N-dealkylation sites (tertiary alicyclic amines) is 1. The van der Waals surface area contributed by atoms with E-state index in [1.807, 2.05) is 19.0 Å². The zero-order valence-electron chi connectivity index (χ0n) is 17.6. The highest BCUT2D eigenvalue weighted by Crippen LogP contribution is 2.40. The van der Waals surface area contributed by atoms with Crippen molar-refractivity contribution < 1.29 is 24.2 Å². The van der Waals surface area contributed by atoms with Crippen LogP contribution < -0.4 is 9.47 Å². The number of amides is 1. The number of carbonyl (C=O) groups is 2. The number of fused-ring (bicyclic) bond motifs is 1. The van der Waals surface area contributed by atoms with Crippen molar-refractivity contribution >= 4 is 17.4 Å². The number of rotatable bonds is 6. The van der Waals surface area contributed by atoms with Gasteiger partial charge in [0.25, 0.3) is 11.7 Å². The number of hydrogen-bond donors (Lipinski definition) is 1. The first-order chi connectivity index (χ1) is 15.0. The van der Waals surface area contributed by atoms with E-state index >= 15 is 0 Å². The second kappa shape index (κ2) is 8.77. The number of ketones is 1. The standard InChI is InChI=1S/C23H25N3O5/c1-25(2)10-3-11-26-20(15-6-8-24-9-7-15)19(22(28)23(26)29)21(27)16-4-5-17-18(14-16)31-13-12-30-17/h4-9,14,20,27H,3,10-13H2,1-2H3/b21-19+/t20-/m1/s1. The summed E-state index contributed by atoms with van der Waals surface area (Å²) in [5.41, 5.74) is 1.19. The fraction of sp³-hybridized carbons (Fsp3) is 0.348. The van der Waals surface area contributed by atoms with Gasteiger partial charge in [-0.1, -0.05) is 0 Å². The third kappa shape index (κ3) is 4.11. The summed E-state index contributed by atoms with van der Waals surface area (Å²) in [6, 6.07) is 7.81. The van der Waals surface area contributed by atoms with Crippen LogP contribution in [0.4, 0.5) is 0 Å². The monoisotopic (exact) mass is 423 g/mol. The van der Waals surface area contributed by atoms with E-state index in [2.05, 4.69) is 4.98 Å². The number of aliphatic hydroxyl groups is 1. The van der Waals surface area contributed by atoms with Crippen LogP contribution in [0.3, 0.4) is 0 Å². The molecule has 2 aromatic rings. The number of aromatic nitrogens is 1. The van der Waals surface area contributed by atoms with E-state index in [1.54, 1.807) is 42.7 Å². The molecular weight excluding hydrogens is 398 g/mol. The number of pyridine rings is 1. The first kappa shape index (κ1) is 20.9. The van der Waals surface area contributed by atoms with E-state index in [-0.39, 0.29) is 11.3 Å². The number of hydrogen-bond acceptors (Lipinski definition) is 7. The van der Waals surface area contributed by atoms with E-state index in [0.29, 0.717) is 43.2 Å². The summed E-state index contributed by atoms with van der Waals surface area (Å²) in [6.45, 7) is 2.03.